The first-order valence-corrected chi connectivity index (χ1v) is 8.22. The van der Waals surface area contributed by atoms with E-state index in [4.69, 9.17) is 4.74 Å². The average Bonchev–Trinajstić information content (AvgIpc) is 2.53. The van der Waals surface area contributed by atoms with Gasteiger partial charge >= 0.3 is 5.97 Å². The highest BCUT2D eigenvalue weighted by atomic mass is 16.5. The van der Waals surface area contributed by atoms with Crippen molar-refractivity contribution in [2.75, 3.05) is 7.11 Å². The summed E-state index contributed by atoms with van der Waals surface area (Å²) in [4.78, 5) is 12.4. The van der Waals surface area contributed by atoms with E-state index in [0.29, 0.717) is 12.0 Å². The van der Waals surface area contributed by atoms with Gasteiger partial charge in [0, 0.05) is 18.2 Å². The molecular weight excluding hydrogens is 304 g/mol. The van der Waals surface area contributed by atoms with Gasteiger partial charge < -0.3 is 10.1 Å². The fraction of sp³-hybridized carbons (Fsp3) is 0.526. The fourth-order valence-corrected chi connectivity index (χ4v) is 3.50. The molecule has 131 valence electrons. The predicted molar refractivity (Wildman–Crippen MR) is 92.3 cm³/mol. The lowest BCUT2D eigenvalue weighted by molar-refractivity contribution is -0.267. The fourth-order valence-electron chi connectivity index (χ4n) is 3.50. The number of hydroxylamine groups is 2. The quantitative estimate of drug-likeness (QED) is 0.859. The molecule has 0 bridgehead atoms. The van der Waals surface area contributed by atoms with Gasteiger partial charge in [0.15, 0.2) is 0 Å². The molecule has 1 heterocycles. The van der Waals surface area contributed by atoms with Crippen LogP contribution in [-0.4, -0.2) is 29.2 Å². The topological polar surface area (TPSA) is 61.5 Å². The molecule has 24 heavy (non-hydrogen) atoms. The standard InChI is InChI=1S/C19H27N2O3/c1-13(14-10-8-7-9-11-14)20-15-12-18(2,3)21(23)19(4,5)16(15)17(22)24-6/h7-11,13,20H,12H2,1-6H3/t13-/m0/s1. The van der Waals surface area contributed by atoms with Gasteiger partial charge in [-0.15, -0.1) is 10.3 Å². The number of benzene rings is 1. The summed E-state index contributed by atoms with van der Waals surface area (Å²) in [6, 6.07) is 10.0. The normalized spacial score (nSPS) is 21.3. The Morgan fingerprint density at radius 2 is 1.79 bits per heavy atom. The van der Waals surface area contributed by atoms with E-state index in [9.17, 15) is 10.0 Å². The maximum absolute atomic E-state index is 12.7. The van der Waals surface area contributed by atoms with E-state index in [0.717, 1.165) is 16.3 Å². The van der Waals surface area contributed by atoms with Gasteiger partial charge in [-0.1, -0.05) is 30.3 Å². The minimum Gasteiger partial charge on any atom is -0.466 e. The lowest BCUT2D eigenvalue weighted by atomic mass is 9.79. The van der Waals surface area contributed by atoms with Gasteiger partial charge in [0.2, 0.25) is 0 Å². The van der Waals surface area contributed by atoms with Gasteiger partial charge in [-0.3, -0.25) is 0 Å². The third-order valence-electron chi connectivity index (χ3n) is 4.66. The van der Waals surface area contributed by atoms with Gasteiger partial charge in [0.25, 0.3) is 0 Å². The number of rotatable bonds is 4. The van der Waals surface area contributed by atoms with Crippen LogP contribution in [0.1, 0.15) is 52.6 Å². The van der Waals surface area contributed by atoms with Crippen molar-refractivity contribution < 1.29 is 14.7 Å². The maximum Gasteiger partial charge on any atom is 0.337 e. The first-order valence-electron chi connectivity index (χ1n) is 8.22. The molecule has 1 aliphatic rings. The van der Waals surface area contributed by atoms with Gasteiger partial charge in [0.05, 0.1) is 23.8 Å². The Kier molecular flexibility index (Phi) is 5.06. The summed E-state index contributed by atoms with van der Waals surface area (Å²) >= 11 is 0. The van der Waals surface area contributed by atoms with E-state index in [2.05, 4.69) is 5.32 Å². The lowest BCUT2D eigenvalue weighted by Crippen LogP contribution is -2.59. The summed E-state index contributed by atoms with van der Waals surface area (Å²) in [5.41, 5.74) is 0.727. The minimum atomic E-state index is -0.965. The summed E-state index contributed by atoms with van der Waals surface area (Å²) < 4.78 is 4.96. The summed E-state index contributed by atoms with van der Waals surface area (Å²) in [5.74, 6) is -0.459. The number of hydrogen-bond donors (Lipinski definition) is 1. The van der Waals surface area contributed by atoms with Crippen LogP contribution in [-0.2, 0) is 14.7 Å². The molecule has 0 saturated carbocycles. The van der Waals surface area contributed by atoms with Crippen molar-refractivity contribution >= 4 is 5.97 Å². The monoisotopic (exact) mass is 331 g/mol. The Bertz CT molecular complexity index is 635. The van der Waals surface area contributed by atoms with Crippen molar-refractivity contribution in [3.63, 3.8) is 0 Å². The van der Waals surface area contributed by atoms with Crippen LogP contribution in [0.2, 0.25) is 0 Å². The number of esters is 1. The molecule has 1 atom stereocenters. The van der Waals surface area contributed by atoms with E-state index in [1.165, 1.54) is 7.11 Å². The van der Waals surface area contributed by atoms with Crippen molar-refractivity contribution in [1.29, 1.82) is 0 Å². The molecular formula is C19H27N2O3. The number of hydrogen-bond acceptors (Lipinski definition) is 4. The molecule has 5 heteroatoms. The number of ether oxygens (including phenoxy) is 1. The highest BCUT2D eigenvalue weighted by molar-refractivity contribution is 5.92. The van der Waals surface area contributed by atoms with E-state index < -0.39 is 17.0 Å². The second kappa shape index (κ2) is 6.57. The zero-order chi connectivity index (χ0) is 18.1. The Labute approximate surface area is 144 Å². The van der Waals surface area contributed by atoms with E-state index in [-0.39, 0.29) is 6.04 Å². The van der Waals surface area contributed by atoms with Crippen LogP contribution in [0.25, 0.3) is 0 Å². The molecule has 0 saturated heterocycles. The van der Waals surface area contributed by atoms with Crippen LogP contribution >= 0.6 is 0 Å². The molecule has 1 aliphatic heterocycles. The molecule has 0 spiro atoms. The summed E-state index contributed by atoms with van der Waals surface area (Å²) in [7, 11) is 1.35. The first-order chi connectivity index (χ1) is 11.1. The van der Waals surface area contributed by atoms with Crippen LogP contribution in [0, 0.1) is 0 Å². The largest absolute Gasteiger partial charge is 0.466 e. The molecule has 2 rings (SSSR count). The zero-order valence-corrected chi connectivity index (χ0v) is 15.3. The summed E-state index contributed by atoms with van der Waals surface area (Å²) in [6.07, 6.45) is 0.460. The van der Waals surface area contributed by atoms with Crippen LogP contribution < -0.4 is 5.32 Å². The van der Waals surface area contributed by atoms with Crippen molar-refractivity contribution in [2.24, 2.45) is 0 Å². The van der Waals surface area contributed by atoms with Crippen molar-refractivity contribution in [2.45, 2.75) is 58.2 Å². The van der Waals surface area contributed by atoms with E-state index in [1.807, 2.05) is 51.1 Å². The average molecular weight is 331 g/mol. The molecule has 0 unspecified atom stereocenters. The van der Waals surface area contributed by atoms with E-state index >= 15 is 0 Å². The lowest BCUT2D eigenvalue weighted by Gasteiger charge is -2.48. The SMILES string of the molecule is COC(=O)C1=C(N[C@@H](C)c2ccccc2)CC(C)(C)N([O])C1(C)C. The van der Waals surface area contributed by atoms with Crippen molar-refractivity contribution in [1.82, 2.24) is 10.4 Å². The summed E-state index contributed by atoms with van der Waals surface area (Å²) in [6.45, 7) is 9.36. The summed E-state index contributed by atoms with van der Waals surface area (Å²) in [5, 5.41) is 17.2. The Balaban J connectivity index is 2.46. The molecule has 1 aromatic carbocycles. The molecule has 0 amide bonds. The van der Waals surface area contributed by atoms with Gasteiger partial charge in [-0.2, -0.15) is 0 Å². The molecule has 1 radical (unpaired) electrons. The molecule has 1 aromatic rings. The molecule has 0 aliphatic carbocycles. The number of methoxy groups -OCH3 is 1. The zero-order valence-electron chi connectivity index (χ0n) is 15.3. The van der Waals surface area contributed by atoms with Crippen LogP contribution in [0.5, 0.6) is 0 Å². The van der Waals surface area contributed by atoms with Gasteiger partial charge in [-0.05, 0) is 40.2 Å². The number of carbonyl (C=O) groups is 1. The minimum absolute atomic E-state index is 0.0191. The highest BCUT2D eigenvalue weighted by Crippen LogP contribution is 2.41. The highest BCUT2D eigenvalue weighted by Gasteiger charge is 2.50. The Morgan fingerprint density at radius 3 is 2.33 bits per heavy atom. The second-order valence-electron chi connectivity index (χ2n) is 7.46. The third-order valence-corrected chi connectivity index (χ3v) is 4.66. The molecule has 0 aromatic heterocycles. The number of carbonyl (C=O) groups excluding carboxylic acids is 1. The maximum atomic E-state index is 12.7. The number of nitrogens with zero attached hydrogens (tertiary/aromatic N) is 1. The van der Waals surface area contributed by atoms with Crippen molar-refractivity contribution in [3.8, 4) is 0 Å². The van der Waals surface area contributed by atoms with Crippen LogP contribution in [0.4, 0.5) is 0 Å². The molecule has 1 N–H and O–H groups in total. The first kappa shape index (κ1) is 18.5. The Morgan fingerprint density at radius 1 is 1.21 bits per heavy atom. The van der Waals surface area contributed by atoms with Gasteiger partial charge in [-0.25, -0.2) is 4.79 Å². The number of nitrogens with one attached hydrogen (secondary N) is 1. The third kappa shape index (κ3) is 3.32. The molecule has 0 fully saturated rings. The van der Waals surface area contributed by atoms with Crippen LogP contribution in [0.3, 0.4) is 0 Å². The Hall–Kier alpha value is -1.85. The second-order valence-corrected chi connectivity index (χ2v) is 7.46. The predicted octanol–water partition coefficient (Wildman–Crippen LogP) is 3.37. The molecule has 5 nitrogen and oxygen atoms in total. The van der Waals surface area contributed by atoms with Crippen LogP contribution in [0.15, 0.2) is 41.6 Å². The van der Waals surface area contributed by atoms with E-state index in [1.54, 1.807) is 13.8 Å². The smallest absolute Gasteiger partial charge is 0.337 e. The van der Waals surface area contributed by atoms with Gasteiger partial charge in [0.1, 0.15) is 0 Å². The van der Waals surface area contributed by atoms with Crippen molar-refractivity contribution in [3.05, 3.63) is 47.2 Å².